The van der Waals surface area contributed by atoms with Crippen LogP contribution in [0.2, 0.25) is 0 Å². The van der Waals surface area contributed by atoms with Gasteiger partial charge in [0.2, 0.25) is 0 Å². The van der Waals surface area contributed by atoms with Crippen LogP contribution in [0.25, 0.3) is 11.2 Å². The predicted octanol–water partition coefficient (Wildman–Crippen LogP) is 4.57. The van der Waals surface area contributed by atoms with Crippen LogP contribution >= 0.6 is 0 Å². The van der Waals surface area contributed by atoms with E-state index in [9.17, 15) is 9.59 Å². The molecular formula is C32H41N5O2. The highest BCUT2D eigenvalue weighted by Crippen LogP contribution is 2.37. The molecule has 2 aromatic heterocycles. The molecular weight excluding hydrogens is 486 g/mol. The molecule has 206 valence electrons. The van der Waals surface area contributed by atoms with Gasteiger partial charge in [-0.2, -0.15) is 0 Å². The summed E-state index contributed by atoms with van der Waals surface area (Å²) in [5.41, 5.74) is 3.28. The van der Waals surface area contributed by atoms with Crippen molar-refractivity contribution in [3.8, 4) is 0 Å². The number of hydrogen-bond acceptors (Lipinski definition) is 4. The standard InChI is InChI=1S/C32H41N5O2/c1-23(2)22-37-30-29(31(38)35(4)32(37)39)34(3)27(33-30)16-11-19-36-20-17-26(18-21-36)28(24-12-7-5-8-13-24)25-14-9-6-10-15-25/h5-10,12-15,23,26,28H,11,16-22H2,1-4H3. The molecule has 0 N–H and O–H groups in total. The van der Waals surface area contributed by atoms with Gasteiger partial charge in [-0.15, -0.1) is 0 Å². The van der Waals surface area contributed by atoms with E-state index in [4.69, 9.17) is 4.98 Å². The molecule has 2 aromatic carbocycles. The van der Waals surface area contributed by atoms with Crippen LogP contribution < -0.4 is 11.2 Å². The first kappa shape index (κ1) is 27.1. The quantitative estimate of drug-likeness (QED) is 0.320. The normalized spacial score (nSPS) is 15.1. The van der Waals surface area contributed by atoms with Crippen molar-refractivity contribution in [1.82, 2.24) is 23.6 Å². The van der Waals surface area contributed by atoms with Crippen LogP contribution in [-0.4, -0.2) is 43.2 Å². The van der Waals surface area contributed by atoms with Crippen LogP contribution in [0.3, 0.4) is 0 Å². The van der Waals surface area contributed by atoms with E-state index in [0.29, 0.717) is 29.5 Å². The molecule has 0 aliphatic carbocycles. The van der Waals surface area contributed by atoms with E-state index in [2.05, 4.69) is 79.4 Å². The third kappa shape index (κ3) is 5.64. The fourth-order valence-electron chi connectivity index (χ4n) is 6.26. The van der Waals surface area contributed by atoms with E-state index >= 15 is 0 Å². The number of fused-ring (bicyclic) bond motifs is 1. The number of aryl methyl sites for hydroxylation is 2. The van der Waals surface area contributed by atoms with Gasteiger partial charge in [0.25, 0.3) is 5.56 Å². The first-order chi connectivity index (χ1) is 18.8. The van der Waals surface area contributed by atoms with Crippen LogP contribution in [0.4, 0.5) is 0 Å². The third-order valence-corrected chi connectivity index (χ3v) is 8.29. The smallest absolute Gasteiger partial charge is 0.325 e. The summed E-state index contributed by atoms with van der Waals surface area (Å²) in [5.74, 6) is 2.20. The second-order valence-corrected chi connectivity index (χ2v) is 11.5. The van der Waals surface area contributed by atoms with Crippen molar-refractivity contribution in [2.24, 2.45) is 25.9 Å². The Balaban J connectivity index is 1.25. The summed E-state index contributed by atoms with van der Waals surface area (Å²) in [7, 11) is 3.45. The molecule has 1 aliphatic rings. The first-order valence-corrected chi connectivity index (χ1v) is 14.3. The lowest BCUT2D eigenvalue weighted by Gasteiger charge is -2.36. The van der Waals surface area contributed by atoms with Gasteiger partial charge in [0, 0.05) is 33.0 Å². The maximum atomic E-state index is 12.9. The minimum absolute atomic E-state index is 0.273. The molecule has 0 spiro atoms. The second kappa shape index (κ2) is 11.7. The number of benzene rings is 2. The van der Waals surface area contributed by atoms with Gasteiger partial charge in [0.15, 0.2) is 11.2 Å². The molecule has 5 rings (SSSR count). The monoisotopic (exact) mass is 527 g/mol. The Morgan fingerprint density at radius 3 is 2.03 bits per heavy atom. The summed E-state index contributed by atoms with van der Waals surface area (Å²) in [4.78, 5) is 33.1. The Kier molecular flexibility index (Phi) is 8.17. The zero-order valence-corrected chi connectivity index (χ0v) is 23.7. The van der Waals surface area contributed by atoms with E-state index in [-0.39, 0.29) is 17.2 Å². The minimum atomic E-state index is -0.293. The molecule has 7 heteroatoms. The first-order valence-electron chi connectivity index (χ1n) is 14.3. The molecule has 1 aliphatic heterocycles. The van der Waals surface area contributed by atoms with Crippen molar-refractivity contribution in [2.45, 2.75) is 52.0 Å². The van der Waals surface area contributed by atoms with Gasteiger partial charge in [-0.3, -0.25) is 13.9 Å². The second-order valence-electron chi connectivity index (χ2n) is 11.5. The van der Waals surface area contributed by atoms with Gasteiger partial charge in [-0.1, -0.05) is 74.5 Å². The minimum Gasteiger partial charge on any atom is -0.325 e. The fraction of sp³-hybridized carbons (Fsp3) is 0.469. The summed E-state index contributed by atoms with van der Waals surface area (Å²) >= 11 is 0. The van der Waals surface area contributed by atoms with Crippen molar-refractivity contribution in [3.63, 3.8) is 0 Å². The van der Waals surface area contributed by atoms with Crippen LogP contribution in [0.15, 0.2) is 70.3 Å². The van der Waals surface area contributed by atoms with E-state index in [0.717, 1.165) is 38.3 Å². The number of hydrogen-bond donors (Lipinski definition) is 0. The Bertz CT molecular complexity index is 1470. The average molecular weight is 528 g/mol. The van der Waals surface area contributed by atoms with E-state index < -0.39 is 0 Å². The van der Waals surface area contributed by atoms with Gasteiger partial charge in [0.1, 0.15) is 5.82 Å². The Morgan fingerprint density at radius 1 is 0.872 bits per heavy atom. The van der Waals surface area contributed by atoms with Crippen LogP contribution in [0.5, 0.6) is 0 Å². The molecule has 0 saturated carbocycles. The number of rotatable bonds is 9. The van der Waals surface area contributed by atoms with Crippen LogP contribution in [0.1, 0.15) is 56.0 Å². The average Bonchev–Trinajstić information content (AvgIpc) is 3.28. The van der Waals surface area contributed by atoms with Gasteiger partial charge < -0.3 is 9.47 Å². The third-order valence-electron chi connectivity index (χ3n) is 8.29. The molecule has 39 heavy (non-hydrogen) atoms. The predicted molar refractivity (Wildman–Crippen MR) is 157 cm³/mol. The lowest BCUT2D eigenvalue weighted by Crippen LogP contribution is -2.39. The number of likely N-dealkylation sites (tertiary alicyclic amines) is 1. The summed E-state index contributed by atoms with van der Waals surface area (Å²) < 4.78 is 4.76. The molecule has 0 bridgehead atoms. The highest BCUT2D eigenvalue weighted by molar-refractivity contribution is 5.71. The van der Waals surface area contributed by atoms with Gasteiger partial charge in [-0.05, 0) is 61.9 Å². The number of aromatic nitrogens is 4. The largest absolute Gasteiger partial charge is 0.332 e. The molecule has 7 nitrogen and oxygen atoms in total. The lowest BCUT2D eigenvalue weighted by atomic mass is 9.76. The van der Waals surface area contributed by atoms with Crippen molar-refractivity contribution in [1.29, 1.82) is 0 Å². The molecule has 0 amide bonds. The van der Waals surface area contributed by atoms with Crippen LogP contribution in [-0.2, 0) is 27.1 Å². The molecule has 4 aromatic rings. The Morgan fingerprint density at radius 2 is 1.46 bits per heavy atom. The summed E-state index contributed by atoms with van der Waals surface area (Å²) in [6, 6.07) is 21.9. The summed E-state index contributed by atoms with van der Waals surface area (Å²) in [5, 5.41) is 0. The highest BCUT2D eigenvalue weighted by atomic mass is 16.2. The zero-order chi connectivity index (χ0) is 27.5. The number of imidazole rings is 1. The molecule has 1 fully saturated rings. The van der Waals surface area contributed by atoms with Gasteiger partial charge in [-0.25, -0.2) is 9.78 Å². The highest BCUT2D eigenvalue weighted by Gasteiger charge is 2.29. The SMILES string of the molecule is CC(C)Cn1c(=O)n(C)c(=O)c2c1nc(CCCN1CCC(C(c3ccccc3)c3ccccc3)CC1)n2C. The zero-order valence-electron chi connectivity index (χ0n) is 23.7. The fourth-order valence-corrected chi connectivity index (χ4v) is 6.26. The molecule has 0 unspecified atom stereocenters. The topological polar surface area (TPSA) is 65.1 Å². The summed E-state index contributed by atoms with van der Waals surface area (Å²) in [6.07, 6.45) is 4.11. The van der Waals surface area contributed by atoms with Gasteiger partial charge in [0.05, 0.1) is 0 Å². The number of piperidine rings is 1. The molecule has 0 radical (unpaired) electrons. The number of nitrogens with zero attached hydrogens (tertiary/aromatic N) is 5. The lowest BCUT2D eigenvalue weighted by molar-refractivity contribution is 0.173. The molecule has 0 atom stereocenters. The van der Waals surface area contributed by atoms with E-state index in [1.165, 1.54) is 28.5 Å². The maximum Gasteiger partial charge on any atom is 0.332 e. The molecule has 3 heterocycles. The van der Waals surface area contributed by atoms with Crippen molar-refractivity contribution in [3.05, 3.63) is 98.5 Å². The van der Waals surface area contributed by atoms with E-state index in [1.807, 2.05) is 11.6 Å². The summed E-state index contributed by atoms with van der Waals surface area (Å²) in [6.45, 7) is 7.88. The van der Waals surface area contributed by atoms with E-state index in [1.54, 1.807) is 11.6 Å². The van der Waals surface area contributed by atoms with Crippen LogP contribution in [0, 0.1) is 11.8 Å². The van der Waals surface area contributed by atoms with Crippen molar-refractivity contribution >= 4 is 11.2 Å². The van der Waals surface area contributed by atoms with Gasteiger partial charge >= 0.3 is 5.69 Å². The Hall–Kier alpha value is -3.45. The van der Waals surface area contributed by atoms with Crippen molar-refractivity contribution in [2.75, 3.05) is 19.6 Å². The molecule has 1 saturated heterocycles. The maximum absolute atomic E-state index is 12.9. The van der Waals surface area contributed by atoms with Crippen molar-refractivity contribution < 1.29 is 0 Å². The Labute approximate surface area is 230 Å².